The summed E-state index contributed by atoms with van der Waals surface area (Å²) in [6, 6.07) is 5.58. The molecule has 0 radical (unpaired) electrons. The predicted molar refractivity (Wildman–Crippen MR) is 130 cm³/mol. The molecular weight excluding hydrogens is 487 g/mol. The number of rotatable bonds is 2. The van der Waals surface area contributed by atoms with Crippen molar-refractivity contribution in [2.24, 2.45) is 11.1 Å². The van der Waals surface area contributed by atoms with E-state index in [4.69, 9.17) is 45.5 Å². The van der Waals surface area contributed by atoms with Crippen molar-refractivity contribution in [1.29, 1.82) is 0 Å². The summed E-state index contributed by atoms with van der Waals surface area (Å²) in [6.45, 7) is 1.75. The van der Waals surface area contributed by atoms with Crippen LogP contribution in [0.4, 0.5) is 5.82 Å². The fourth-order valence-electron chi connectivity index (χ4n) is 5.11. The van der Waals surface area contributed by atoms with Gasteiger partial charge in [-0.1, -0.05) is 40.9 Å². The average Bonchev–Trinajstić information content (AvgIpc) is 3.44. The molecule has 1 aliphatic heterocycles. The molecular formula is C22H19Cl3N6S. The molecule has 0 amide bonds. The number of hydrogen-bond donors (Lipinski definition) is 1. The summed E-state index contributed by atoms with van der Waals surface area (Å²) in [4.78, 5) is 17.3. The van der Waals surface area contributed by atoms with Gasteiger partial charge in [0.05, 0.1) is 21.9 Å². The maximum atomic E-state index is 6.68. The number of thiazole rings is 1. The highest BCUT2D eigenvalue weighted by atomic mass is 35.5. The second-order valence-corrected chi connectivity index (χ2v) is 10.9. The molecule has 4 aromatic rings. The largest absolute Gasteiger partial charge is 0.355 e. The van der Waals surface area contributed by atoms with E-state index in [1.54, 1.807) is 12.3 Å². The molecule has 2 N–H and O–H groups in total. The first-order valence-corrected chi connectivity index (χ1v) is 12.3. The van der Waals surface area contributed by atoms with Gasteiger partial charge in [-0.2, -0.15) is 0 Å². The molecule has 1 fully saturated rings. The monoisotopic (exact) mass is 504 g/mol. The van der Waals surface area contributed by atoms with Gasteiger partial charge in [-0.15, -0.1) is 11.3 Å². The van der Waals surface area contributed by atoms with Gasteiger partial charge in [-0.05, 0) is 36.8 Å². The summed E-state index contributed by atoms with van der Waals surface area (Å²) in [6.07, 6.45) is 8.44. The van der Waals surface area contributed by atoms with Crippen LogP contribution in [0, 0.1) is 5.41 Å². The second kappa shape index (κ2) is 7.57. The van der Waals surface area contributed by atoms with Gasteiger partial charge in [-0.25, -0.2) is 15.0 Å². The molecule has 0 bridgehead atoms. The van der Waals surface area contributed by atoms with Crippen molar-refractivity contribution < 1.29 is 0 Å². The van der Waals surface area contributed by atoms with E-state index in [1.165, 1.54) is 11.3 Å². The molecule has 1 aromatic carbocycles. The van der Waals surface area contributed by atoms with Gasteiger partial charge in [0.15, 0.2) is 10.3 Å². The SMILES string of the molecule is N[C@@H]1c2sc(Cl)nc2CC12CCN(c1nccn3c(-c4cccc(Cl)c4Cl)ncc13)CC2. The maximum Gasteiger partial charge on any atom is 0.184 e. The van der Waals surface area contributed by atoms with Crippen LogP contribution >= 0.6 is 46.1 Å². The molecule has 1 saturated heterocycles. The molecule has 6 nitrogen and oxygen atoms in total. The molecule has 6 rings (SSSR count). The van der Waals surface area contributed by atoms with E-state index in [2.05, 4.69) is 14.9 Å². The number of anilines is 1. The van der Waals surface area contributed by atoms with E-state index in [1.807, 2.05) is 28.9 Å². The number of imidazole rings is 1. The molecule has 0 unspecified atom stereocenters. The first-order valence-electron chi connectivity index (χ1n) is 10.4. The van der Waals surface area contributed by atoms with Crippen LogP contribution in [-0.4, -0.2) is 32.4 Å². The highest BCUT2D eigenvalue weighted by Crippen LogP contribution is 2.53. The number of fused-ring (bicyclic) bond motifs is 2. The average molecular weight is 506 g/mol. The van der Waals surface area contributed by atoms with Crippen LogP contribution in [0.1, 0.15) is 29.5 Å². The standard InChI is InChI=1S/C22H19Cl3N6S/c23-13-3-1-2-12(16(13)24)19-28-11-15-20(27-6-9-31(15)19)30-7-4-22(5-8-30)10-14-17(18(22)26)32-21(25)29-14/h1-3,6,9,11,18H,4-5,7-8,10,26H2/t18-/m1/s1. The Morgan fingerprint density at radius 3 is 2.72 bits per heavy atom. The van der Waals surface area contributed by atoms with E-state index >= 15 is 0 Å². The van der Waals surface area contributed by atoms with Gasteiger partial charge < -0.3 is 10.6 Å². The Morgan fingerprint density at radius 2 is 1.94 bits per heavy atom. The molecule has 10 heteroatoms. The lowest BCUT2D eigenvalue weighted by atomic mass is 9.74. The van der Waals surface area contributed by atoms with Crippen LogP contribution in [0.15, 0.2) is 36.8 Å². The van der Waals surface area contributed by atoms with E-state index in [0.29, 0.717) is 14.5 Å². The molecule has 32 heavy (non-hydrogen) atoms. The smallest absolute Gasteiger partial charge is 0.184 e. The lowest BCUT2D eigenvalue weighted by Gasteiger charge is -2.42. The fourth-order valence-corrected chi connectivity index (χ4v) is 6.80. The summed E-state index contributed by atoms with van der Waals surface area (Å²) in [5, 5.41) is 1.00. The molecule has 1 atom stereocenters. The minimum Gasteiger partial charge on any atom is -0.355 e. The van der Waals surface area contributed by atoms with Gasteiger partial charge in [0, 0.05) is 42.0 Å². The number of aromatic nitrogens is 4. The molecule has 164 valence electrons. The van der Waals surface area contributed by atoms with Gasteiger partial charge in [0.1, 0.15) is 11.3 Å². The Labute approximate surface area is 204 Å². The van der Waals surface area contributed by atoms with E-state index in [9.17, 15) is 0 Å². The molecule has 4 heterocycles. The van der Waals surface area contributed by atoms with Gasteiger partial charge >= 0.3 is 0 Å². The number of halogens is 3. The van der Waals surface area contributed by atoms with E-state index in [0.717, 1.165) is 65.6 Å². The number of nitrogens with two attached hydrogens (primary N) is 1. The van der Waals surface area contributed by atoms with Crippen LogP contribution in [0.2, 0.25) is 14.5 Å². The van der Waals surface area contributed by atoms with Gasteiger partial charge in [0.2, 0.25) is 0 Å². The summed E-state index contributed by atoms with van der Waals surface area (Å²) in [5.41, 5.74) is 9.55. The van der Waals surface area contributed by atoms with Crippen molar-refractivity contribution in [2.45, 2.75) is 25.3 Å². The number of nitrogens with zero attached hydrogens (tertiary/aromatic N) is 5. The third-order valence-corrected chi connectivity index (χ3v) is 8.96. The van der Waals surface area contributed by atoms with Crippen molar-refractivity contribution in [3.05, 3.63) is 61.9 Å². The van der Waals surface area contributed by atoms with E-state index < -0.39 is 0 Å². The number of benzene rings is 1. The Kier molecular flexibility index (Phi) is 4.89. The van der Waals surface area contributed by atoms with Crippen molar-refractivity contribution in [3.63, 3.8) is 0 Å². The quantitative estimate of drug-likeness (QED) is 0.381. The zero-order valence-electron chi connectivity index (χ0n) is 16.9. The zero-order valence-corrected chi connectivity index (χ0v) is 20.0. The molecule has 3 aromatic heterocycles. The Hall–Kier alpha value is -1.90. The third kappa shape index (κ3) is 3.06. The van der Waals surface area contributed by atoms with Crippen molar-refractivity contribution in [3.8, 4) is 11.4 Å². The lowest BCUT2D eigenvalue weighted by molar-refractivity contribution is 0.187. The summed E-state index contributed by atoms with van der Waals surface area (Å²) >= 11 is 20.3. The summed E-state index contributed by atoms with van der Waals surface area (Å²) in [7, 11) is 0. The Balaban J connectivity index is 1.30. The van der Waals surface area contributed by atoms with Crippen LogP contribution in [-0.2, 0) is 6.42 Å². The number of hydrogen-bond acceptors (Lipinski definition) is 6. The van der Waals surface area contributed by atoms with Crippen LogP contribution in [0.3, 0.4) is 0 Å². The van der Waals surface area contributed by atoms with Crippen molar-refractivity contribution >= 4 is 57.5 Å². The fraction of sp³-hybridized carbons (Fsp3) is 0.318. The predicted octanol–water partition coefficient (Wildman–Crippen LogP) is 5.66. The molecule has 1 spiro atoms. The highest BCUT2D eigenvalue weighted by Gasteiger charge is 2.48. The first-order chi connectivity index (χ1) is 15.5. The van der Waals surface area contributed by atoms with Gasteiger partial charge in [0.25, 0.3) is 0 Å². The lowest BCUT2D eigenvalue weighted by Crippen LogP contribution is -2.44. The number of piperidine rings is 1. The Morgan fingerprint density at radius 1 is 1.12 bits per heavy atom. The topological polar surface area (TPSA) is 72.3 Å². The molecule has 2 aliphatic rings. The summed E-state index contributed by atoms with van der Waals surface area (Å²) < 4.78 is 2.61. The van der Waals surface area contributed by atoms with Crippen LogP contribution < -0.4 is 10.6 Å². The second-order valence-electron chi connectivity index (χ2n) is 8.47. The normalized spacial score (nSPS) is 19.8. The Bertz CT molecular complexity index is 1340. The van der Waals surface area contributed by atoms with Crippen molar-refractivity contribution in [1.82, 2.24) is 19.4 Å². The first kappa shape index (κ1) is 20.7. The minimum atomic E-state index is -0.0000537. The van der Waals surface area contributed by atoms with Crippen LogP contribution in [0.25, 0.3) is 16.9 Å². The van der Waals surface area contributed by atoms with Crippen LogP contribution in [0.5, 0.6) is 0 Å². The summed E-state index contributed by atoms with van der Waals surface area (Å²) in [5.74, 6) is 1.66. The zero-order chi connectivity index (χ0) is 22.0. The van der Waals surface area contributed by atoms with Gasteiger partial charge in [-0.3, -0.25) is 4.40 Å². The van der Waals surface area contributed by atoms with Crippen molar-refractivity contribution in [2.75, 3.05) is 18.0 Å². The minimum absolute atomic E-state index is 0.0000537. The highest BCUT2D eigenvalue weighted by molar-refractivity contribution is 7.16. The third-order valence-electron chi connectivity index (χ3n) is 6.85. The maximum absolute atomic E-state index is 6.68. The molecule has 0 saturated carbocycles. The molecule has 1 aliphatic carbocycles. The van der Waals surface area contributed by atoms with E-state index in [-0.39, 0.29) is 11.5 Å².